The molecule has 3 N–H and O–H groups in total. The maximum Gasteiger partial charge on any atom is 0.322 e. The molecule has 0 spiro atoms. The molecular weight excluding hydrogens is 1300 g/mol. The summed E-state index contributed by atoms with van der Waals surface area (Å²) in [5, 5.41) is 33.1. The van der Waals surface area contributed by atoms with Crippen LogP contribution in [-0.2, 0) is 73.0 Å². The highest BCUT2D eigenvalue weighted by atomic mass is 79.9. The zero-order valence-corrected chi connectivity index (χ0v) is 50.1. The molecular formula is C54H53Br2F6N17O9. The predicted molar refractivity (Wildman–Crippen MR) is 302 cm³/mol. The van der Waals surface area contributed by atoms with Crippen LogP contribution in [0, 0.1) is 28.8 Å². The van der Waals surface area contributed by atoms with E-state index in [1.165, 1.54) is 87.6 Å². The van der Waals surface area contributed by atoms with E-state index in [0.29, 0.717) is 78.4 Å². The summed E-state index contributed by atoms with van der Waals surface area (Å²) in [7, 11) is 4.26. The Morgan fingerprint density at radius 2 is 0.977 bits per heavy atom. The van der Waals surface area contributed by atoms with Crippen molar-refractivity contribution in [2.45, 2.75) is 76.8 Å². The van der Waals surface area contributed by atoms with Crippen LogP contribution in [0.4, 0.5) is 57.8 Å². The monoisotopic (exact) mass is 1360 g/mol. The van der Waals surface area contributed by atoms with Gasteiger partial charge in [0, 0.05) is 94.3 Å². The van der Waals surface area contributed by atoms with Gasteiger partial charge >= 0.3 is 18.1 Å². The van der Waals surface area contributed by atoms with E-state index in [1.54, 1.807) is 11.0 Å². The minimum absolute atomic E-state index is 0.00534. The lowest BCUT2D eigenvalue weighted by molar-refractivity contribution is -0.152. The highest BCUT2D eigenvalue weighted by Gasteiger charge is 2.39. The minimum atomic E-state index is -0.825. The van der Waals surface area contributed by atoms with Gasteiger partial charge in [-0.3, -0.25) is 42.9 Å². The maximum absolute atomic E-state index is 14.1. The number of anilines is 3. The van der Waals surface area contributed by atoms with Gasteiger partial charge in [-0.1, -0.05) is 0 Å². The van der Waals surface area contributed by atoms with E-state index in [1.807, 2.05) is 0 Å². The molecule has 0 unspecified atom stereocenters. The number of hydrogen-bond acceptors (Lipinski definition) is 14. The zero-order chi connectivity index (χ0) is 62.8. The van der Waals surface area contributed by atoms with E-state index in [4.69, 9.17) is 19.8 Å². The van der Waals surface area contributed by atoms with E-state index in [-0.39, 0.29) is 82.7 Å². The number of amides is 9. The van der Waals surface area contributed by atoms with Crippen molar-refractivity contribution >= 4 is 84.7 Å². The first-order valence-electron chi connectivity index (χ1n) is 27.1. The van der Waals surface area contributed by atoms with Gasteiger partial charge in [0.05, 0.1) is 72.1 Å². The fourth-order valence-electron chi connectivity index (χ4n) is 10.5. The number of urea groups is 3. The molecule has 10 heterocycles. The van der Waals surface area contributed by atoms with Crippen molar-refractivity contribution in [3.8, 4) is 6.07 Å². The van der Waals surface area contributed by atoms with Gasteiger partial charge in [-0.05, 0) is 74.3 Å². The molecule has 6 aliphatic rings. The van der Waals surface area contributed by atoms with Crippen LogP contribution in [0.3, 0.4) is 0 Å². The Hall–Kier alpha value is -8.65. The third-order valence-corrected chi connectivity index (χ3v) is 16.0. The number of hydroxylamine groups is 6. The first-order chi connectivity index (χ1) is 42.2. The molecule has 9 amide bonds. The fourth-order valence-corrected chi connectivity index (χ4v) is 11.2. The van der Waals surface area contributed by atoms with Crippen LogP contribution >= 0.6 is 31.9 Å². The van der Waals surface area contributed by atoms with Gasteiger partial charge in [-0.15, -0.1) is 0 Å². The second-order valence-electron chi connectivity index (χ2n) is 20.6. The Bertz CT molecular complexity index is 3790. The van der Waals surface area contributed by atoms with Gasteiger partial charge in [0.25, 0.3) is 17.7 Å². The van der Waals surface area contributed by atoms with Crippen LogP contribution in [0.2, 0.25) is 0 Å². The number of alkyl halides is 3. The molecule has 3 atom stereocenters. The van der Waals surface area contributed by atoms with E-state index >= 15 is 0 Å². The van der Waals surface area contributed by atoms with E-state index in [0.717, 1.165) is 26.9 Å². The van der Waals surface area contributed by atoms with Crippen molar-refractivity contribution in [1.29, 1.82) is 5.26 Å². The summed E-state index contributed by atoms with van der Waals surface area (Å²) < 4.78 is 85.1. The summed E-state index contributed by atoms with van der Waals surface area (Å²) in [6.07, 6.45) is 0.228. The molecule has 0 saturated carbocycles. The number of nitrogens with one attached hydrogen (secondary N) is 3. The van der Waals surface area contributed by atoms with Gasteiger partial charge in [-0.25, -0.2) is 60.9 Å². The highest BCUT2D eigenvalue weighted by Crippen LogP contribution is 2.32. The molecule has 6 aromatic rings. The average molecular weight is 1360 g/mol. The highest BCUT2D eigenvalue weighted by molar-refractivity contribution is 9.10. The molecule has 26 nitrogen and oxygen atoms in total. The molecule has 464 valence electrons. The second-order valence-corrected chi connectivity index (χ2v) is 22.2. The van der Waals surface area contributed by atoms with Crippen LogP contribution in [0.1, 0.15) is 70.8 Å². The summed E-state index contributed by atoms with van der Waals surface area (Å²) in [6, 6.07) is 9.65. The van der Waals surface area contributed by atoms with Crippen LogP contribution in [-0.4, -0.2) is 179 Å². The standard InChI is InChI=1S/C19H18F2N6O3.C18H18BrF2N5O3.C17H17BrF2N6O3/c1-25-18(28)17-14-10-26(5-4-16(14)24-27(17)9-13(7-20)30-25)19(29)23-12-2-3-15(21)11(6-12)8-22;1-24-17(27)16-12-9-25(18(28)22-10-2-3-14(21)13(19)6-10)5-4-15(12)23-26(16)8-11(7-20)29-24;1-24-16(27)14-10-8-25(17(28)22-12-2-4-21-15(18)13(12)20)5-3-11(10)23-26(14)7-9(6-19)29-24/h2-3,6,13H,4-5,7,9-10H2,1H3,(H,23,29);2-3,6,11H,4-5,7-9H2,1H3,(H,22,28);2,4,9H,3,5-8H2,1H3,(H,21,22,28)/t13-;11-;9-/m111/s1. The molecule has 0 aliphatic carbocycles. The molecule has 0 saturated heterocycles. The summed E-state index contributed by atoms with van der Waals surface area (Å²) in [5.41, 5.74) is 5.29. The van der Waals surface area contributed by atoms with Crippen molar-refractivity contribution in [3.05, 3.63) is 132 Å². The molecule has 0 radical (unpaired) electrons. The van der Waals surface area contributed by atoms with Crippen LogP contribution in [0.5, 0.6) is 0 Å². The first kappa shape index (κ1) is 62.4. The van der Waals surface area contributed by atoms with Crippen molar-refractivity contribution in [1.82, 2.24) is 64.2 Å². The van der Waals surface area contributed by atoms with Crippen molar-refractivity contribution in [2.24, 2.45) is 0 Å². The Balaban J connectivity index is 0.000000146. The largest absolute Gasteiger partial charge is 0.322 e. The molecule has 6 aliphatic heterocycles. The third kappa shape index (κ3) is 13.0. The Labute approximate surface area is 512 Å². The lowest BCUT2D eigenvalue weighted by Crippen LogP contribution is -2.40. The maximum atomic E-state index is 14.1. The number of carbonyl (C=O) groups excluding carboxylic acids is 6. The van der Waals surface area contributed by atoms with Crippen LogP contribution in [0.25, 0.3) is 0 Å². The molecule has 0 bridgehead atoms. The van der Waals surface area contributed by atoms with Crippen molar-refractivity contribution in [3.63, 3.8) is 0 Å². The molecule has 2 aromatic carbocycles. The Morgan fingerprint density at radius 1 is 0.591 bits per heavy atom. The van der Waals surface area contributed by atoms with Gasteiger partial charge in [0.1, 0.15) is 77.7 Å². The quantitative estimate of drug-likeness (QED) is 0.116. The van der Waals surface area contributed by atoms with E-state index in [2.05, 4.69) is 68.1 Å². The van der Waals surface area contributed by atoms with Crippen molar-refractivity contribution < 1.29 is 69.6 Å². The minimum Gasteiger partial charge on any atom is -0.320 e. The smallest absolute Gasteiger partial charge is 0.320 e. The van der Waals surface area contributed by atoms with Gasteiger partial charge in [-0.2, -0.15) is 20.6 Å². The second kappa shape index (κ2) is 26.4. The number of fused-ring (bicyclic) bond motifs is 9. The predicted octanol–water partition coefficient (Wildman–Crippen LogP) is 6.69. The number of carbonyl (C=O) groups is 6. The number of nitriles is 1. The van der Waals surface area contributed by atoms with Crippen LogP contribution < -0.4 is 16.0 Å². The normalized spacial score (nSPS) is 18.7. The van der Waals surface area contributed by atoms with Crippen LogP contribution in [0.15, 0.2) is 57.7 Å². The fraction of sp³-hybridized carbons (Fsp3) is 0.389. The number of hydrogen-bond donors (Lipinski definition) is 3. The summed E-state index contributed by atoms with van der Waals surface area (Å²) in [6.45, 7) is -0.443. The number of rotatable bonds is 6. The number of aromatic nitrogens is 7. The topological polar surface area (TPSA) is 276 Å². The van der Waals surface area contributed by atoms with E-state index < -0.39 is 85.6 Å². The third-order valence-electron chi connectivity index (χ3n) is 14.8. The SMILES string of the molecule is CN1O[C@H](CF)Cn2nc3c(c2C1=O)CN(C(=O)Nc1ccc(F)c(Br)c1)CC3.CN1O[C@H](CF)Cn2nc3c(c2C1=O)CN(C(=O)Nc1ccc(F)c(C#N)c1)CC3.CN1O[C@H](CF)Cn2nc3c(c2C1=O)CN(C(=O)Nc1ccnc(Br)c1F)CC3. The first-order valence-corrected chi connectivity index (χ1v) is 28.7. The number of pyridine rings is 1. The zero-order valence-electron chi connectivity index (χ0n) is 46.9. The molecule has 88 heavy (non-hydrogen) atoms. The van der Waals surface area contributed by atoms with Gasteiger partial charge < -0.3 is 30.7 Å². The average Bonchev–Trinajstić information content (AvgIpc) is 1.79. The summed E-state index contributed by atoms with van der Waals surface area (Å²) in [4.78, 5) is 100. The van der Waals surface area contributed by atoms with Crippen molar-refractivity contribution in [2.75, 3.05) is 76.8 Å². The van der Waals surface area contributed by atoms with Gasteiger partial charge in [0.2, 0.25) is 0 Å². The van der Waals surface area contributed by atoms with Gasteiger partial charge in [0.15, 0.2) is 5.82 Å². The summed E-state index contributed by atoms with van der Waals surface area (Å²) >= 11 is 6.07. The Morgan fingerprint density at radius 3 is 1.36 bits per heavy atom. The Kier molecular flexibility index (Phi) is 18.7. The molecule has 0 fully saturated rings. The molecule has 34 heteroatoms. The molecule has 4 aromatic heterocycles. The number of nitrogens with zero attached hydrogens (tertiary/aromatic N) is 14. The van der Waals surface area contributed by atoms with E-state index in [9.17, 15) is 55.1 Å². The summed E-state index contributed by atoms with van der Waals surface area (Å²) in [5.74, 6) is -3.12. The lowest BCUT2D eigenvalue weighted by Gasteiger charge is -2.27. The lowest BCUT2D eigenvalue weighted by atomic mass is 10.1. The molecule has 12 rings (SSSR count). The number of benzene rings is 2. The number of halogens is 8.